The molecule has 1 aliphatic rings. The lowest BCUT2D eigenvalue weighted by Gasteiger charge is -2.20. The number of hydrogen-bond acceptors (Lipinski definition) is 2. The second-order valence-corrected chi connectivity index (χ2v) is 5.18. The molecule has 0 saturated heterocycles. The molecule has 0 unspecified atom stereocenters. The number of rotatable bonds is 3. The predicted octanol–water partition coefficient (Wildman–Crippen LogP) is 3.21. The molecule has 3 nitrogen and oxygen atoms in total. The number of hydrogen-bond donors (Lipinski definition) is 1. The molecular weight excluding hydrogens is 248 g/mol. The van der Waals surface area contributed by atoms with E-state index in [0.29, 0.717) is 0 Å². The van der Waals surface area contributed by atoms with E-state index in [0.717, 1.165) is 25.2 Å². The molecule has 0 saturated carbocycles. The van der Waals surface area contributed by atoms with Crippen molar-refractivity contribution in [2.24, 2.45) is 0 Å². The fraction of sp³-hybridized carbons (Fsp3) is 0.235. The van der Waals surface area contributed by atoms with Crippen LogP contribution in [-0.4, -0.2) is 12.5 Å². The summed E-state index contributed by atoms with van der Waals surface area (Å²) in [7, 11) is 0. The quantitative estimate of drug-likeness (QED) is 0.925. The van der Waals surface area contributed by atoms with Crippen molar-refractivity contribution < 1.29 is 4.79 Å². The molecule has 1 amide bonds. The maximum absolute atomic E-state index is 11.2. The van der Waals surface area contributed by atoms with Crippen molar-refractivity contribution in [3.63, 3.8) is 0 Å². The Labute approximate surface area is 119 Å². The van der Waals surface area contributed by atoms with Gasteiger partial charge in [-0.1, -0.05) is 36.4 Å². The van der Waals surface area contributed by atoms with Gasteiger partial charge in [-0.3, -0.25) is 4.79 Å². The Morgan fingerprint density at radius 1 is 1.20 bits per heavy atom. The lowest BCUT2D eigenvalue weighted by Crippen LogP contribution is -2.19. The van der Waals surface area contributed by atoms with Crippen LogP contribution in [0, 0.1) is 0 Å². The molecule has 1 heterocycles. The molecular formula is C17H18N2O. The highest BCUT2D eigenvalue weighted by Crippen LogP contribution is 2.31. The van der Waals surface area contributed by atoms with Crippen LogP contribution in [0.1, 0.15) is 18.1 Å². The largest absolute Gasteiger partial charge is 0.367 e. The van der Waals surface area contributed by atoms with E-state index in [1.165, 1.54) is 23.7 Å². The Hall–Kier alpha value is -2.29. The first kappa shape index (κ1) is 12.7. The summed E-state index contributed by atoms with van der Waals surface area (Å²) in [5, 5.41) is 2.85. The molecule has 1 N–H and O–H groups in total. The monoisotopic (exact) mass is 266 g/mol. The fourth-order valence-electron chi connectivity index (χ4n) is 2.69. The Balaban J connectivity index is 1.83. The van der Waals surface area contributed by atoms with Crippen LogP contribution >= 0.6 is 0 Å². The first-order valence-electron chi connectivity index (χ1n) is 6.92. The number of carbonyl (C=O) groups is 1. The van der Waals surface area contributed by atoms with E-state index in [-0.39, 0.29) is 5.91 Å². The maximum Gasteiger partial charge on any atom is 0.221 e. The van der Waals surface area contributed by atoms with Crippen molar-refractivity contribution in [3.8, 4) is 0 Å². The lowest BCUT2D eigenvalue weighted by molar-refractivity contribution is -0.114. The van der Waals surface area contributed by atoms with Crippen molar-refractivity contribution in [2.75, 3.05) is 16.8 Å². The Morgan fingerprint density at radius 2 is 2.00 bits per heavy atom. The molecule has 0 radical (unpaired) electrons. The smallest absolute Gasteiger partial charge is 0.221 e. The van der Waals surface area contributed by atoms with E-state index in [2.05, 4.69) is 46.6 Å². The van der Waals surface area contributed by atoms with Crippen LogP contribution < -0.4 is 10.2 Å². The molecule has 0 bridgehead atoms. The molecule has 2 aromatic rings. The topological polar surface area (TPSA) is 32.3 Å². The Bertz CT molecular complexity index is 622. The average Bonchev–Trinajstić information content (AvgIpc) is 2.82. The number of nitrogens with zero attached hydrogens (tertiary/aromatic N) is 1. The van der Waals surface area contributed by atoms with Gasteiger partial charge in [0.1, 0.15) is 0 Å². The number of fused-ring (bicyclic) bond motifs is 1. The summed E-state index contributed by atoms with van der Waals surface area (Å²) < 4.78 is 0. The van der Waals surface area contributed by atoms with Gasteiger partial charge in [0.15, 0.2) is 0 Å². The summed E-state index contributed by atoms with van der Waals surface area (Å²) >= 11 is 0. The maximum atomic E-state index is 11.2. The van der Waals surface area contributed by atoms with Gasteiger partial charge in [0.25, 0.3) is 0 Å². The van der Waals surface area contributed by atoms with Gasteiger partial charge in [0.2, 0.25) is 5.91 Å². The predicted molar refractivity (Wildman–Crippen MR) is 81.9 cm³/mol. The van der Waals surface area contributed by atoms with Crippen molar-refractivity contribution in [3.05, 3.63) is 59.7 Å². The van der Waals surface area contributed by atoms with Gasteiger partial charge >= 0.3 is 0 Å². The van der Waals surface area contributed by atoms with Crippen LogP contribution in [0.25, 0.3) is 0 Å². The van der Waals surface area contributed by atoms with Crippen molar-refractivity contribution >= 4 is 17.3 Å². The Kier molecular flexibility index (Phi) is 3.42. The molecule has 0 aliphatic carbocycles. The molecule has 3 heteroatoms. The number of benzene rings is 2. The third-order valence-electron chi connectivity index (χ3n) is 3.61. The molecule has 2 aromatic carbocycles. The van der Waals surface area contributed by atoms with Gasteiger partial charge in [-0.2, -0.15) is 0 Å². The molecule has 0 atom stereocenters. The third-order valence-corrected chi connectivity index (χ3v) is 3.61. The van der Waals surface area contributed by atoms with Gasteiger partial charge in [-0.05, 0) is 29.7 Å². The van der Waals surface area contributed by atoms with Crippen molar-refractivity contribution in [2.45, 2.75) is 19.9 Å². The summed E-state index contributed by atoms with van der Waals surface area (Å²) in [6, 6.07) is 16.6. The molecule has 0 fully saturated rings. The van der Waals surface area contributed by atoms with E-state index in [4.69, 9.17) is 0 Å². The second-order valence-electron chi connectivity index (χ2n) is 5.18. The zero-order chi connectivity index (χ0) is 13.9. The minimum Gasteiger partial charge on any atom is -0.367 e. The molecule has 0 aromatic heterocycles. The summed E-state index contributed by atoms with van der Waals surface area (Å²) in [4.78, 5) is 13.5. The molecule has 102 valence electrons. The van der Waals surface area contributed by atoms with Crippen LogP contribution in [-0.2, 0) is 17.8 Å². The van der Waals surface area contributed by atoms with Crippen molar-refractivity contribution in [1.82, 2.24) is 0 Å². The summed E-state index contributed by atoms with van der Waals surface area (Å²) in [5.74, 6) is -0.0300. The van der Waals surface area contributed by atoms with E-state index in [1.54, 1.807) is 0 Å². The molecule has 20 heavy (non-hydrogen) atoms. The lowest BCUT2D eigenvalue weighted by atomic mass is 10.1. The summed E-state index contributed by atoms with van der Waals surface area (Å²) in [6.07, 6.45) is 1.07. The summed E-state index contributed by atoms with van der Waals surface area (Å²) in [6.45, 7) is 3.49. The van der Waals surface area contributed by atoms with Gasteiger partial charge in [-0.15, -0.1) is 0 Å². The van der Waals surface area contributed by atoms with Crippen LogP contribution in [0.3, 0.4) is 0 Å². The van der Waals surface area contributed by atoms with Crippen LogP contribution in [0.4, 0.5) is 11.4 Å². The molecule has 0 spiro atoms. The number of nitrogens with one attached hydrogen (secondary N) is 1. The fourth-order valence-corrected chi connectivity index (χ4v) is 2.69. The highest BCUT2D eigenvalue weighted by Gasteiger charge is 2.19. The standard InChI is InChI=1S/C17H18N2O/c1-13(20)18-16-8-7-15-9-10-19(17(15)11-16)12-14-5-3-2-4-6-14/h2-8,11H,9-10,12H2,1H3,(H,18,20). The molecule has 1 aliphatic heterocycles. The van der Waals surface area contributed by atoms with E-state index >= 15 is 0 Å². The third kappa shape index (κ3) is 2.67. The van der Waals surface area contributed by atoms with E-state index < -0.39 is 0 Å². The van der Waals surface area contributed by atoms with Crippen LogP contribution in [0.2, 0.25) is 0 Å². The molecule has 3 rings (SSSR count). The normalized spacial score (nSPS) is 13.2. The average molecular weight is 266 g/mol. The van der Waals surface area contributed by atoms with E-state index in [9.17, 15) is 4.79 Å². The first-order chi connectivity index (χ1) is 9.72. The van der Waals surface area contributed by atoms with Crippen LogP contribution in [0.15, 0.2) is 48.5 Å². The van der Waals surface area contributed by atoms with Gasteiger partial charge < -0.3 is 10.2 Å². The first-order valence-corrected chi connectivity index (χ1v) is 6.92. The SMILES string of the molecule is CC(=O)Nc1ccc2c(c1)N(Cc1ccccc1)CC2. The number of carbonyl (C=O) groups excluding carboxylic acids is 1. The van der Waals surface area contributed by atoms with Crippen molar-refractivity contribution in [1.29, 1.82) is 0 Å². The van der Waals surface area contributed by atoms with Gasteiger partial charge in [-0.25, -0.2) is 0 Å². The van der Waals surface area contributed by atoms with E-state index in [1.807, 2.05) is 12.1 Å². The minimum atomic E-state index is -0.0300. The number of anilines is 2. The van der Waals surface area contributed by atoms with Gasteiger partial charge in [0, 0.05) is 31.4 Å². The number of amides is 1. The van der Waals surface area contributed by atoms with Gasteiger partial charge in [0.05, 0.1) is 0 Å². The second kappa shape index (κ2) is 5.37. The van der Waals surface area contributed by atoms with Crippen LogP contribution in [0.5, 0.6) is 0 Å². The highest BCUT2D eigenvalue weighted by atomic mass is 16.1. The Morgan fingerprint density at radius 3 is 2.75 bits per heavy atom. The summed E-state index contributed by atoms with van der Waals surface area (Å²) in [5.41, 5.74) is 4.77. The zero-order valence-electron chi connectivity index (χ0n) is 11.6. The highest BCUT2D eigenvalue weighted by molar-refractivity contribution is 5.89. The zero-order valence-corrected chi connectivity index (χ0v) is 11.6. The minimum absolute atomic E-state index is 0.0300.